The number of urea groups is 1. The van der Waals surface area contributed by atoms with Crippen LogP contribution in [0.4, 0.5) is 10.5 Å². The fourth-order valence-corrected chi connectivity index (χ4v) is 2.45. The highest BCUT2D eigenvalue weighted by Gasteiger charge is 2.24. The van der Waals surface area contributed by atoms with Gasteiger partial charge in [-0.05, 0) is 42.9 Å². The highest BCUT2D eigenvalue weighted by atomic mass is 16.2. The van der Waals surface area contributed by atoms with Gasteiger partial charge in [-0.2, -0.15) is 0 Å². The molecule has 0 heterocycles. The zero-order chi connectivity index (χ0) is 20.4. The number of hydrogen-bond donors (Lipinski definition) is 4. The molecule has 1 rings (SSSR count). The molecule has 7 heteroatoms. The Morgan fingerprint density at radius 1 is 1.04 bits per heavy atom. The molecule has 0 spiro atoms. The third-order valence-corrected chi connectivity index (χ3v) is 4.65. The molecule has 0 unspecified atom stereocenters. The molecule has 1 aromatic carbocycles. The fraction of sp³-hybridized carbons (Fsp3) is 0.550. The van der Waals surface area contributed by atoms with Crippen molar-refractivity contribution >= 4 is 23.5 Å². The van der Waals surface area contributed by atoms with Crippen LogP contribution in [0.2, 0.25) is 0 Å². The Hall–Kier alpha value is -2.57. The maximum absolute atomic E-state index is 12.7. The molecular formula is C20H32N4O3. The molecule has 0 bridgehead atoms. The molecular weight excluding hydrogens is 344 g/mol. The zero-order valence-corrected chi connectivity index (χ0v) is 16.7. The molecule has 0 fully saturated rings. The topological polar surface area (TPSA) is 113 Å². The Bertz CT molecular complexity index is 629. The van der Waals surface area contributed by atoms with Gasteiger partial charge in [0.25, 0.3) is 0 Å². The van der Waals surface area contributed by atoms with Gasteiger partial charge >= 0.3 is 6.03 Å². The number of carbonyl (C=O) groups excluding carboxylic acids is 3. The van der Waals surface area contributed by atoms with E-state index in [-0.39, 0.29) is 23.7 Å². The van der Waals surface area contributed by atoms with Gasteiger partial charge in [0.1, 0.15) is 6.04 Å². The van der Waals surface area contributed by atoms with Crippen LogP contribution in [0.5, 0.6) is 0 Å². The molecule has 150 valence electrons. The molecule has 0 aliphatic rings. The SMILES string of the molecule is CCc1ccc(NC(=O)[C@H](CCCNC(N)=O)NC(=O)[C@@H](C)C(C)C)cc1. The Morgan fingerprint density at radius 3 is 2.19 bits per heavy atom. The summed E-state index contributed by atoms with van der Waals surface area (Å²) >= 11 is 0. The molecule has 0 aromatic heterocycles. The van der Waals surface area contributed by atoms with Crippen molar-refractivity contribution in [3.05, 3.63) is 29.8 Å². The Labute approximate surface area is 161 Å². The van der Waals surface area contributed by atoms with Gasteiger partial charge < -0.3 is 21.7 Å². The third-order valence-electron chi connectivity index (χ3n) is 4.65. The monoisotopic (exact) mass is 376 g/mol. The smallest absolute Gasteiger partial charge is 0.312 e. The highest BCUT2D eigenvalue weighted by Crippen LogP contribution is 2.13. The number of amides is 4. The van der Waals surface area contributed by atoms with E-state index in [0.717, 1.165) is 6.42 Å². The van der Waals surface area contributed by atoms with Crippen molar-refractivity contribution in [2.75, 3.05) is 11.9 Å². The van der Waals surface area contributed by atoms with E-state index >= 15 is 0 Å². The lowest BCUT2D eigenvalue weighted by Gasteiger charge is -2.22. The first-order valence-electron chi connectivity index (χ1n) is 9.48. The Morgan fingerprint density at radius 2 is 1.67 bits per heavy atom. The van der Waals surface area contributed by atoms with E-state index in [1.54, 1.807) is 0 Å². The zero-order valence-electron chi connectivity index (χ0n) is 16.7. The first kappa shape index (κ1) is 22.5. The predicted molar refractivity (Wildman–Crippen MR) is 107 cm³/mol. The molecule has 0 radical (unpaired) electrons. The number of nitrogens with one attached hydrogen (secondary N) is 3. The number of aryl methyl sites for hydroxylation is 1. The molecule has 0 saturated carbocycles. The molecule has 0 aliphatic carbocycles. The van der Waals surface area contributed by atoms with Crippen molar-refractivity contribution in [2.24, 2.45) is 17.6 Å². The molecule has 0 aliphatic heterocycles. The second-order valence-electron chi connectivity index (χ2n) is 7.07. The Kier molecular flexibility index (Phi) is 9.33. The van der Waals surface area contributed by atoms with Crippen LogP contribution < -0.4 is 21.7 Å². The molecule has 4 amide bonds. The Balaban J connectivity index is 2.75. The maximum atomic E-state index is 12.7. The number of primary amides is 1. The third kappa shape index (κ3) is 8.11. The maximum Gasteiger partial charge on any atom is 0.312 e. The van der Waals surface area contributed by atoms with Gasteiger partial charge in [0.2, 0.25) is 11.8 Å². The van der Waals surface area contributed by atoms with Gasteiger partial charge in [-0.25, -0.2) is 4.79 Å². The van der Waals surface area contributed by atoms with Crippen LogP contribution >= 0.6 is 0 Å². The number of nitrogens with two attached hydrogens (primary N) is 1. The van der Waals surface area contributed by atoms with Gasteiger partial charge in [0.05, 0.1) is 0 Å². The van der Waals surface area contributed by atoms with Crippen molar-refractivity contribution in [3.8, 4) is 0 Å². The summed E-state index contributed by atoms with van der Waals surface area (Å²) in [6.45, 7) is 8.18. The van der Waals surface area contributed by atoms with Crippen molar-refractivity contribution in [3.63, 3.8) is 0 Å². The van der Waals surface area contributed by atoms with E-state index in [1.165, 1.54) is 5.56 Å². The van der Waals surface area contributed by atoms with Crippen molar-refractivity contribution < 1.29 is 14.4 Å². The standard InChI is InChI=1S/C20H32N4O3/c1-5-15-8-10-16(11-9-15)23-19(26)17(7-6-12-22-20(21)27)24-18(25)14(4)13(2)3/h8-11,13-14,17H,5-7,12H2,1-4H3,(H,23,26)(H,24,25)(H3,21,22,27)/t14-,17-/m0/s1. The summed E-state index contributed by atoms with van der Waals surface area (Å²) in [5.74, 6) is -0.461. The van der Waals surface area contributed by atoms with E-state index in [2.05, 4.69) is 22.9 Å². The number of rotatable bonds is 10. The summed E-state index contributed by atoms with van der Waals surface area (Å²) < 4.78 is 0. The van der Waals surface area contributed by atoms with Crippen LogP contribution in [-0.2, 0) is 16.0 Å². The van der Waals surface area contributed by atoms with Crippen molar-refractivity contribution in [1.82, 2.24) is 10.6 Å². The van der Waals surface area contributed by atoms with Gasteiger partial charge in [-0.3, -0.25) is 9.59 Å². The largest absolute Gasteiger partial charge is 0.352 e. The summed E-state index contributed by atoms with van der Waals surface area (Å²) in [7, 11) is 0. The molecule has 2 atom stereocenters. The van der Waals surface area contributed by atoms with Crippen LogP contribution in [0, 0.1) is 11.8 Å². The van der Waals surface area contributed by atoms with Gasteiger partial charge in [-0.15, -0.1) is 0 Å². The van der Waals surface area contributed by atoms with E-state index in [1.807, 2.05) is 45.0 Å². The van der Waals surface area contributed by atoms with E-state index in [4.69, 9.17) is 5.73 Å². The van der Waals surface area contributed by atoms with Gasteiger partial charge in [0, 0.05) is 18.2 Å². The first-order valence-corrected chi connectivity index (χ1v) is 9.48. The van der Waals surface area contributed by atoms with E-state index in [9.17, 15) is 14.4 Å². The van der Waals surface area contributed by atoms with Crippen molar-refractivity contribution in [2.45, 2.75) is 53.0 Å². The number of anilines is 1. The lowest BCUT2D eigenvalue weighted by Crippen LogP contribution is -2.46. The van der Waals surface area contributed by atoms with E-state index in [0.29, 0.717) is 25.1 Å². The second kappa shape index (κ2) is 11.2. The molecule has 5 N–H and O–H groups in total. The summed E-state index contributed by atoms with van der Waals surface area (Å²) in [4.78, 5) is 35.9. The fourth-order valence-electron chi connectivity index (χ4n) is 2.45. The normalized spacial score (nSPS) is 12.9. The predicted octanol–water partition coefficient (Wildman–Crippen LogP) is 2.41. The number of hydrogen-bond acceptors (Lipinski definition) is 3. The van der Waals surface area contributed by atoms with Gasteiger partial charge in [0.15, 0.2) is 0 Å². The van der Waals surface area contributed by atoms with Crippen LogP contribution in [0.3, 0.4) is 0 Å². The minimum Gasteiger partial charge on any atom is -0.352 e. The summed E-state index contributed by atoms with van der Waals surface area (Å²) in [5.41, 5.74) is 6.92. The lowest BCUT2D eigenvalue weighted by atomic mass is 9.96. The molecule has 0 saturated heterocycles. The highest BCUT2D eigenvalue weighted by molar-refractivity contribution is 5.97. The average Bonchev–Trinajstić information content (AvgIpc) is 2.63. The van der Waals surface area contributed by atoms with Crippen LogP contribution in [0.1, 0.15) is 46.1 Å². The average molecular weight is 377 g/mol. The number of carbonyl (C=O) groups is 3. The van der Waals surface area contributed by atoms with Crippen LogP contribution in [0.25, 0.3) is 0 Å². The first-order chi connectivity index (χ1) is 12.7. The van der Waals surface area contributed by atoms with Crippen LogP contribution in [-0.4, -0.2) is 30.4 Å². The van der Waals surface area contributed by atoms with E-state index < -0.39 is 12.1 Å². The van der Waals surface area contributed by atoms with Crippen LogP contribution in [0.15, 0.2) is 24.3 Å². The lowest BCUT2D eigenvalue weighted by molar-refractivity contribution is -0.130. The van der Waals surface area contributed by atoms with Crippen molar-refractivity contribution in [1.29, 1.82) is 0 Å². The molecule has 1 aromatic rings. The second-order valence-corrected chi connectivity index (χ2v) is 7.07. The summed E-state index contributed by atoms with van der Waals surface area (Å²) in [5, 5.41) is 8.18. The molecule has 27 heavy (non-hydrogen) atoms. The van der Waals surface area contributed by atoms with Gasteiger partial charge in [-0.1, -0.05) is 39.8 Å². The summed E-state index contributed by atoms with van der Waals surface area (Å²) in [6, 6.07) is 6.33. The number of benzene rings is 1. The minimum absolute atomic E-state index is 0.158. The quantitative estimate of drug-likeness (QED) is 0.470. The molecule has 7 nitrogen and oxygen atoms in total. The summed E-state index contributed by atoms with van der Waals surface area (Å²) in [6.07, 6.45) is 1.84. The minimum atomic E-state index is -0.681.